The molecule has 2 aliphatic rings. The second-order valence-electron chi connectivity index (χ2n) is 8.43. The van der Waals surface area contributed by atoms with Gasteiger partial charge in [0.15, 0.2) is 0 Å². The Hall–Kier alpha value is -3.30. The summed E-state index contributed by atoms with van der Waals surface area (Å²) in [7, 11) is 0. The largest absolute Gasteiger partial charge is 0.441 e. The Balaban J connectivity index is 1.42. The molecule has 33 heavy (non-hydrogen) atoms. The van der Waals surface area contributed by atoms with Gasteiger partial charge < -0.3 is 25.8 Å². The van der Waals surface area contributed by atoms with E-state index in [1.54, 1.807) is 17.1 Å². The first-order valence-electron chi connectivity index (χ1n) is 10.9. The van der Waals surface area contributed by atoms with E-state index in [2.05, 4.69) is 20.3 Å². The Morgan fingerprint density at radius 3 is 2.55 bits per heavy atom. The van der Waals surface area contributed by atoms with E-state index in [-0.39, 0.29) is 18.5 Å². The third-order valence-corrected chi connectivity index (χ3v) is 6.74. The van der Waals surface area contributed by atoms with Crippen LogP contribution in [0.4, 0.5) is 16.3 Å². The zero-order chi connectivity index (χ0) is 23.0. The lowest BCUT2D eigenvalue weighted by molar-refractivity contribution is 0.0367. The molecule has 0 aliphatic carbocycles. The van der Waals surface area contributed by atoms with Crippen molar-refractivity contribution in [3.63, 3.8) is 0 Å². The SMILES string of the molecule is Nc1ncc(-c2ccc(-c3cnn(CCO)c3)cc2)c(N2CCC3(CC2)CNC(=O)O3)c1Cl. The predicted molar refractivity (Wildman–Crippen MR) is 126 cm³/mol. The fourth-order valence-electron chi connectivity index (χ4n) is 4.51. The molecule has 4 heterocycles. The van der Waals surface area contributed by atoms with Gasteiger partial charge in [-0.1, -0.05) is 35.9 Å². The van der Waals surface area contributed by atoms with E-state index in [0.717, 1.165) is 27.9 Å². The molecule has 0 radical (unpaired) electrons. The molecule has 2 aromatic heterocycles. The second-order valence-corrected chi connectivity index (χ2v) is 8.80. The number of aliphatic hydroxyl groups is 1. The van der Waals surface area contributed by atoms with Crippen LogP contribution in [-0.2, 0) is 11.3 Å². The predicted octanol–water partition coefficient (Wildman–Crippen LogP) is 2.92. The average Bonchev–Trinajstić information content (AvgIpc) is 3.44. The van der Waals surface area contributed by atoms with Crippen molar-refractivity contribution < 1.29 is 14.6 Å². The summed E-state index contributed by atoms with van der Waals surface area (Å²) in [4.78, 5) is 18.1. The van der Waals surface area contributed by atoms with Crippen LogP contribution in [-0.4, -0.2) is 57.8 Å². The van der Waals surface area contributed by atoms with Crippen molar-refractivity contribution in [2.75, 3.05) is 36.9 Å². The Bertz CT molecular complexity index is 1170. The molecule has 0 atom stereocenters. The van der Waals surface area contributed by atoms with Gasteiger partial charge in [0.1, 0.15) is 16.4 Å². The van der Waals surface area contributed by atoms with Gasteiger partial charge in [-0.05, 0) is 11.1 Å². The summed E-state index contributed by atoms with van der Waals surface area (Å²) in [5.74, 6) is 0.289. The first-order chi connectivity index (χ1) is 16.0. The Kier molecular flexibility index (Phi) is 5.59. The number of nitrogens with one attached hydrogen (secondary N) is 1. The molecule has 172 valence electrons. The number of carbonyl (C=O) groups excluding carboxylic acids is 1. The van der Waals surface area contributed by atoms with Gasteiger partial charge >= 0.3 is 6.09 Å². The Morgan fingerprint density at radius 1 is 1.15 bits per heavy atom. The second kappa shape index (κ2) is 8.57. The maximum Gasteiger partial charge on any atom is 0.407 e. The van der Waals surface area contributed by atoms with Crippen molar-refractivity contribution in [2.24, 2.45) is 0 Å². The minimum atomic E-state index is -0.444. The smallest absolute Gasteiger partial charge is 0.407 e. The zero-order valence-electron chi connectivity index (χ0n) is 18.0. The van der Waals surface area contributed by atoms with Crippen LogP contribution in [0.1, 0.15) is 12.8 Å². The van der Waals surface area contributed by atoms with Gasteiger partial charge in [0, 0.05) is 49.5 Å². The van der Waals surface area contributed by atoms with Crippen LogP contribution in [0.3, 0.4) is 0 Å². The van der Waals surface area contributed by atoms with Crippen molar-refractivity contribution in [1.82, 2.24) is 20.1 Å². The highest BCUT2D eigenvalue weighted by molar-refractivity contribution is 6.36. The van der Waals surface area contributed by atoms with Crippen molar-refractivity contribution in [2.45, 2.75) is 25.0 Å². The number of anilines is 2. The highest BCUT2D eigenvalue weighted by atomic mass is 35.5. The van der Waals surface area contributed by atoms with Gasteiger partial charge in [0.25, 0.3) is 0 Å². The molecule has 2 aliphatic heterocycles. The molecule has 2 fully saturated rings. The van der Waals surface area contributed by atoms with Gasteiger partial charge in [-0.25, -0.2) is 9.78 Å². The zero-order valence-corrected chi connectivity index (χ0v) is 18.8. The molecule has 9 nitrogen and oxygen atoms in total. The number of pyridine rings is 1. The molecule has 4 N–H and O–H groups in total. The molecule has 2 saturated heterocycles. The van der Waals surface area contributed by atoms with Gasteiger partial charge in [-0.3, -0.25) is 4.68 Å². The van der Waals surface area contributed by atoms with Crippen molar-refractivity contribution in [1.29, 1.82) is 0 Å². The molecule has 0 saturated carbocycles. The Morgan fingerprint density at radius 2 is 1.88 bits per heavy atom. The van der Waals surface area contributed by atoms with Crippen LogP contribution in [0.25, 0.3) is 22.3 Å². The van der Waals surface area contributed by atoms with Gasteiger partial charge in [0.05, 0.1) is 31.6 Å². The molecule has 0 bridgehead atoms. The number of carbonyl (C=O) groups is 1. The molecule has 1 amide bonds. The lowest BCUT2D eigenvalue weighted by Gasteiger charge is -2.39. The topological polar surface area (TPSA) is 119 Å². The molecule has 10 heteroatoms. The van der Waals surface area contributed by atoms with E-state index in [9.17, 15) is 4.79 Å². The molecule has 0 unspecified atom stereocenters. The maximum absolute atomic E-state index is 11.6. The highest BCUT2D eigenvalue weighted by Crippen LogP contribution is 2.42. The highest BCUT2D eigenvalue weighted by Gasteiger charge is 2.43. The Labute approximate surface area is 196 Å². The van der Waals surface area contributed by atoms with E-state index in [0.29, 0.717) is 44.0 Å². The van der Waals surface area contributed by atoms with Crippen LogP contribution in [0.15, 0.2) is 42.9 Å². The molecular weight excluding hydrogens is 444 g/mol. The number of rotatable bonds is 5. The fourth-order valence-corrected chi connectivity index (χ4v) is 4.78. The number of ether oxygens (including phenoxy) is 1. The quantitative estimate of drug-likeness (QED) is 0.526. The molecule has 1 aromatic carbocycles. The number of benzene rings is 1. The van der Waals surface area contributed by atoms with Gasteiger partial charge in [-0.2, -0.15) is 5.10 Å². The monoisotopic (exact) mass is 468 g/mol. The van der Waals surface area contributed by atoms with Crippen molar-refractivity contribution in [3.8, 4) is 22.3 Å². The molecule has 1 spiro atoms. The third kappa shape index (κ3) is 4.09. The number of nitrogen functional groups attached to an aromatic ring is 1. The minimum Gasteiger partial charge on any atom is -0.441 e. The van der Waals surface area contributed by atoms with Crippen LogP contribution >= 0.6 is 11.6 Å². The van der Waals surface area contributed by atoms with E-state index in [1.165, 1.54) is 0 Å². The number of alkyl carbamates (subject to hydrolysis) is 1. The number of hydrogen-bond donors (Lipinski definition) is 3. The summed E-state index contributed by atoms with van der Waals surface area (Å²) in [6.45, 7) is 2.42. The van der Waals surface area contributed by atoms with Crippen molar-refractivity contribution >= 4 is 29.2 Å². The number of aromatic nitrogens is 3. The lowest BCUT2D eigenvalue weighted by atomic mass is 9.90. The van der Waals surface area contributed by atoms with Crippen molar-refractivity contribution in [3.05, 3.63) is 47.9 Å². The first kappa shape index (κ1) is 21.5. The number of halogens is 1. The number of piperidine rings is 1. The summed E-state index contributed by atoms with van der Waals surface area (Å²) in [5.41, 5.74) is 10.3. The van der Waals surface area contributed by atoms with Crippen LogP contribution in [0.5, 0.6) is 0 Å². The molecule has 3 aromatic rings. The summed E-state index contributed by atoms with van der Waals surface area (Å²) < 4.78 is 7.26. The molecular formula is C23H25ClN6O3. The maximum atomic E-state index is 11.6. The summed E-state index contributed by atoms with van der Waals surface area (Å²) >= 11 is 6.66. The fraction of sp³-hybridized carbons (Fsp3) is 0.348. The van der Waals surface area contributed by atoms with E-state index in [4.69, 9.17) is 27.2 Å². The van der Waals surface area contributed by atoms with Crippen LogP contribution in [0, 0.1) is 0 Å². The van der Waals surface area contributed by atoms with E-state index in [1.807, 2.05) is 30.5 Å². The van der Waals surface area contributed by atoms with E-state index >= 15 is 0 Å². The molecule has 5 rings (SSSR count). The lowest BCUT2D eigenvalue weighted by Crippen LogP contribution is -2.47. The average molecular weight is 469 g/mol. The minimum absolute atomic E-state index is 0.0459. The summed E-state index contributed by atoms with van der Waals surface area (Å²) in [5, 5.41) is 16.6. The summed E-state index contributed by atoms with van der Waals surface area (Å²) in [6.07, 6.45) is 6.52. The van der Waals surface area contributed by atoms with E-state index < -0.39 is 5.60 Å². The standard InChI is InChI=1S/C23H25ClN6O3/c24-19-20(29-7-5-23(6-8-29)14-27-22(32)33-23)18(12-26-21(19)25)16-3-1-15(2-4-16)17-11-28-30(13-17)9-10-31/h1-4,11-13,31H,5-10,14H2,(H2,25,26)(H,27,32). The number of aliphatic hydroxyl groups excluding tert-OH is 1. The van der Waals surface area contributed by atoms with Crippen LogP contribution in [0.2, 0.25) is 5.02 Å². The number of nitrogens with two attached hydrogens (primary N) is 1. The van der Waals surface area contributed by atoms with Gasteiger partial charge in [0.2, 0.25) is 0 Å². The third-order valence-electron chi connectivity index (χ3n) is 6.37. The number of hydrogen-bond acceptors (Lipinski definition) is 7. The van der Waals surface area contributed by atoms with Gasteiger partial charge in [-0.15, -0.1) is 0 Å². The normalized spacial score (nSPS) is 17.3. The first-order valence-corrected chi connectivity index (χ1v) is 11.3. The number of amides is 1. The summed E-state index contributed by atoms with van der Waals surface area (Å²) in [6, 6.07) is 8.11. The van der Waals surface area contributed by atoms with Crippen LogP contribution < -0.4 is 16.0 Å². The number of nitrogens with zero attached hydrogens (tertiary/aromatic N) is 4.